The second-order valence-electron chi connectivity index (χ2n) is 2.83. The van der Waals surface area contributed by atoms with E-state index in [1.54, 1.807) is 0 Å². The van der Waals surface area contributed by atoms with Crippen molar-refractivity contribution in [2.24, 2.45) is 0 Å². The summed E-state index contributed by atoms with van der Waals surface area (Å²) in [7, 11) is 0. The molecule has 0 spiro atoms. The highest BCUT2D eigenvalue weighted by molar-refractivity contribution is 5.82. The van der Waals surface area contributed by atoms with E-state index >= 15 is 0 Å². The third-order valence-corrected chi connectivity index (χ3v) is 1.98. The van der Waals surface area contributed by atoms with E-state index in [0.717, 1.165) is 10.9 Å². The van der Waals surface area contributed by atoms with Crippen LogP contribution in [0.2, 0.25) is 0 Å². The van der Waals surface area contributed by atoms with Crippen molar-refractivity contribution in [2.75, 3.05) is 0 Å². The number of rotatable bonds is 1. The molecule has 2 rings (SSSR count). The van der Waals surface area contributed by atoms with E-state index in [0.29, 0.717) is 0 Å². The summed E-state index contributed by atoms with van der Waals surface area (Å²) in [6.07, 6.45) is 0. The Morgan fingerprint density at radius 1 is 0.917 bits per heavy atom. The first-order valence-electron chi connectivity index (χ1n) is 3.96. The zero-order chi connectivity index (χ0) is 8.39. The maximum Gasteiger partial charge on any atom is 0.107 e. The Kier molecular flexibility index (Phi) is 1.80. The highest BCUT2D eigenvalue weighted by Gasteiger charge is 1.93. The van der Waals surface area contributed by atoms with Crippen LogP contribution in [0.4, 0.5) is 0 Å². The molecule has 2 aromatic carbocycles. The maximum atomic E-state index is 10.6. The standard InChI is InChI=1S/C11H9O/c12-8-9-5-6-10-3-1-2-4-11(10)7-9/h1-7H,8H2. The molecule has 0 unspecified atom stereocenters. The lowest BCUT2D eigenvalue weighted by molar-refractivity contribution is 0.177. The van der Waals surface area contributed by atoms with E-state index in [1.807, 2.05) is 42.5 Å². The van der Waals surface area contributed by atoms with Crippen molar-refractivity contribution < 1.29 is 5.11 Å². The van der Waals surface area contributed by atoms with Gasteiger partial charge in [-0.2, -0.15) is 0 Å². The van der Waals surface area contributed by atoms with Crippen LogP contribution in [0.15, 0.2) is 42.5 Å². The van der Waals surface area contributed by atoms with Gasteiger partial charge in [-0.05, 0) is 22.4 Å². The highest BCUT2D eigenvalue weighted by Crippen LogP contribution is 2.15. The lowest BCUT2D eigenvalue weighted by Crippen LogP contribution is -1.80. The van der Waals surface area contributed by atoms with Gasteiger partial charge in [-0.3, -0.25) is 0 Å². The van der Waals surface area contributed by atoms with Crippen molar-refractivity contribution in [1.82, 2.24) is 0 Å². The van der Waals surface area contributed by atoms with Gasteiger partial charge in [0.1, 0.15) is 6.61 Å². The highest BCUT2D eigenvalue weighted by atomic mass is 16.3. The summed E-state index contributed by atoms with van der Waals surface area (Å²) >= 11 is 0. The largest absolute Gasteiger partial charge is 0.232 e. The molecule has 12 heavy (non-hydrogen) atoms. The molecule has 59 valence electrons. The van der Waals surface area contributed by atoms with E-state index in [4.69, 9.17) is 0 Å². The molecule has 2 aromatic rings. The van der Waals surface area contributed by atoms with Crippen molar-refractivity contribution in [2.45, 2.75) is 6.61 Å². The summed E-state index contributed by atoms with van der Waals surface area (Å²) in [5.74, 6) is 0. The average molecular weight is 157 g/mol. The summed E-state index contributed by atoms with van der Waals surface area (Å²) < 4.78 is 0. The van der Waals surface area contributed by atoms with Crippen LogP contribution in [0.1, 0.15) is 5.56 Å². The lowest BCUT2D eigenvalue weighted by Gasteiger charge is -1.98. The zero-order valence-corrected chi connectivity index (χ0v) is 6.66. The van der Waals surface area contributed by atoms with Crippen molar-refractivity contribution in [3.05, 3.63) is 48.0 Å². The number of hydrogen-bond acceptors (Lipinski definition) is 0. The third kappa shape index (κ3) is 1.19. The molecule has 1 radical (unpaired) electrons. The number of benzene rings is 2. The molecule has 0 fully saturated rings. The summed E-state index contributed by atoms with van der Waals surface area (Å²) in [4.78, 5) is 0. The van der Waals surface area contributed by atoms with E-state index in [9.17, 15) is 5.11 Å². The second kappa shape index (κ2) is 2.95. The molecular weight excluding hydrogens is 148 g/mol. The summed E-state index contributed by atoms with van der Waals surface area (Å²) in [6.45, 7) is -0.134. The molecule has 0 aliphatic heterocycles. The predicted molar refractivity (Wildman–Crippen MR) is 48.3 cm³/mol. The van der Waals surface area contributed by atoms with Crippen LogP contribution in [-0.2, 0) is 11.7 Å². The first-order valence-corrected chi connectivity index (χ1v) is 3.96. The quantitative estimate of drug-likeness (QED) is 0.606. The van der Waals surface area contributed by atoms with Gasteiger partial charge in [0.25, 0.3) is 0 Å². The van der Waals surface area contributed by atoms with Crippen LogP contribution in [0.3, 0.4) is 0 Å². The SMILES string of the molecule is [O]Cc1ccc2ccccc2c1. The molecule has 0 aliphatic carbocycles. The Morgan fingerprint density at radius 3 is 2.42 bits per heavy atom. The lowest BCUT2D eigenvalue weighted by atomic mass is 10.1. The van der Waals surface area contributed by atoms with Crippen LogP contribution in [0.25, 0.3) is 10.8 Å². The second-order valence-corrected chi connectivity index (χ2v) is 2.83. The van der Waals surface area contributed by atoms with Gasteiger partial charge >= 0.3 is 0 Å². The fourth-order valence-electron chi connectivity index (χ4n) is 1.33. The minimum absolute atomic E-state index is 0.134. The Labute approximate surface area is 71.3 Å². The molecular formula is C11H9O. The Bertz CT molecular complexity index is 393. The van der Waals surface area contributed by atoms with Gasteiger partial charge in [-0.15, -0.1) is 0 Å². The van der Waals surface area contributed by atoms with Crippen LogP contribution in [0, 0.1) is 0 Å². The number of hydrogen-bond donors (Lipinski definition) is 0. The Morgan fingerprint density at radius 2 is 1.67 bits per heavy atom. The third-order valence-electron chi connectivity index (χ3n) is 1.98. The summed E-state index contributed by atoms with van der Waals surface area (Å²) in [5, 5.41) is 12.9. The molecule has 0 amide bonds. The molecule has 0 aliphatic rings. The Hall–Kier alpha value is -1.34. The van der Waals surface area contributed by atoms with Crippen molar-refractivity contribution in [1.29, 1.82) is 0 Å². The van der Waals surface area contributed by atoms with Gasteiger partial charge in [0.2, 0.25) is 0 Å². The average Bonchev–Trinajstić information content (AvgIpc) is 2.17. The van der Waals surface area contributed by atoms with Crippen molar-refractivity contribution >= 4 is 10.8 Å². The first-order chi connectivity index (χ1) is 5.90. The van der Waals surface area contributed by atoms with Gasteiger partial charge in [0.05, 0.1) is 0 Å². The normalized spacial score (nSPS) is 10.4. The van der Waals surface area contributed by atoms with Crippen LogP contribution < -0.4 is 0 Å². The van der Waals surface area contributed by atoms with Gasteiger partial charge < -0.3 is 0 Å². The minimum atomic E-state index is -0.134. The van der Waals surface area contributed by atoms with E-state index in [-0.39, 0.29) is 6.61 Å². The molecule has 0 saturated heterocycles. The molecule has 1 nitrogen and oxygen atoms in total. The zero-order valence-electron chi connectivity index (χ0n) is 6.66. The van der Waals surface area contributed by atoms with E-state index < -0.39 is 0 Å². The molecule has 0 heterocycles. The molecule has 0 aromatic heterocycles. The van der Waals surface area contributed by atoms with Gasteiger partial charge in [-0.1, -0.05) is 36.4 Å². The first kappa shape index (κ1) is 7.32. The summed E-state index contributed by atoms with van der Waals surface area (Å²) in [6, 6.07) is 13.9. The van der Waals surface area contributed by atoms with E-state index in [2.05, 4.69) is 0 Å². The molecule has 1 heteroatoms. The number of fused-ring (bicyclic) bond motifs is 1. The van der Waals surface area contributed by atoms with Gasteiger partial charge in [-0.25, -0.2) is 5.11 Å². The van der Waals surface area contributed by atoms with Crippen LogP contribution in [0.5, 0.6) is 0 Å². The monoisotopic (exact) mass is 157 g/mol. The van der Waals surface area contributed by atoms with Gasteiger partial charge in [0.15, 0.2) is 0 Å². The predicted octanol–water partition coefficient (Wildman–Crippen LogP) is 2.77. The molecule has 0 atom stereocenters. The fourth-order valence-corrected chi connectivity index (χ4v) is 1.33. The minimum Gasteiger partial charge on any atom is -0.232 e. The van der Waals surface area contributed by atoms with Crippen molar-refractivity contribution in [3.8, 4) is 0 Å². The fraction of sp³-hybridized carbons (Fsp3) is 0.0909. The smallest absolute Gasteiger partial charge is 0.107 e. The topological polar surface area (TPSA) is 19.9 Å². The maximum absolute atomic E-state index is 10.6. The van der Waals surface area contributed by atoms with Gasteiger partial charge in [0, 0.05) is 0 Å². The van der Waals surface area contributed by atoms with Crippen LogP contribution >= 0.6 is 0 Å². The Balaban J connectivity index is 2.67. The van der Waals surface area contributed by atoms with E-state index in [1.165, 1.54) is 5.39 Å². The molecule has 0 saturated carbocycles. The molecule has 0 N–H and O–H groups in total. The van der Waals surface area contributed by atoms with Crippen LogP contribution in [-0.4, -0.2) is 0 Å². The van der Waals surface area contributed by atoms with Crippen molar-refractivity contribution in [3.63, 3.8) is 0 Å². The summed E-state index contributed by atoms with van der Waals surface area (Å²) in [5.41, 5.74) is 0.855. The molecule has 0 bridgehead atoms.